The van der Waals surface area contributed by atoms with Crippen LogP contribution in [0, 0.1) is 0 Å². The average Bonchev–Trinajstić information content (AvgIpc) is 2.38. The molecule has 0 radical (unpaired) electrons. The summed E-state index contributed by atoms with van der Waals surface area (Å²) in [6.07, 6.45) is 2.75. The van der Waals surface area contributed by atoms with Crippen LogP contribution in [-0.4, -0.2) is 58.3 Å². The van der Waals surface area contributed by atoms with E-state index in [1.165, 1.54) is 0 Å². The predicted molar refractivity (Wildman–Crippen MR) is 99.9 cm³/mol. The molecule has 0 saturated heterocycles. The maximum absolute atomic E-state index is 11.2. The first kappa shape index (κ1) is 22.5. The van der Waals surface area contributed by atoms with Gasteiger partial charge in [-0.25, -0.2) is 13.1 Å². The molecule has 0 aliphatic rings. The third-order valence-corrected chi connectivity index (χ3v) is 4.27. The summed E-state index contributed by atoms with van der Waals surface area (Å²) in [4.78, 5) is 4.38. The van der Waals surface area contributed by atoms with Gasteiger partial charge in [-0.1, -0.05) is 0 Å². The number of nitrogens with one attached hydrogen (secondary N) is 3. The maximum atomic E-state index is 11.2. The van der Waals surface area contributed by atoms with Crippen molar-refractivity contribution in [3.63, 3.8) is 0 Å². The number of sulfonamides is 1. The fourth-order valence-electron chi connectivity index (χ4n) is 1.21. The lowest BCUT2D eigenvalue weighted by molar-refractivity contribution is 0.581. The smallest absolute Gasteiger partial charge is 0.211 e. The SMILES string of the molecule is CCNC(=NCCCNS(=O)(=O)CC)NCCSC.I. The highest BCUT2D eigenvalue weighted by atomic mass is 127. The van der Waals surface area contributed by atoms with Crippen molar-refractivity contribution in [2.75, 3.05) is 43.9 Å². The Hall–Kier alpha value is 0.260. The second-order valence-corrected chi connectivity index (χ2v) is 6.91. The number of halogens is 1. The Morgan fingerprint density at radius 2 is 1.90 bits per heavy atom. The van der Waals surface area contributed by atoms with E-state index in [-0.39, 0.29) is 29.7 Å². The number of guanidine groups is 1. The van der Waals surface area contributed by atoms with Gasteiger partial charge in [0.2, 0.25) is 10.0 Å². The fraction of sp³-hybridized carbons (Fsp3) is 0.909. The summed E-state index contributed by atoms with van der Waals surface area (Å²) >= 11 is 1.78. The summed E-state index contributed by atoms with van der Waals surface area (Å²) in [5.74, 6) is 1.94. The van der Waals surface area contributed by atoms with Crippen LogP contribution in [0.4, 0.5) is 0 Å². The minimum absolute atomic E-state index is 0. The van der Waals surface area contributed by atoms with Crippen molar-refractivity contribution in [2.24, 2.45) is 4.99 Å². The van der Waals surface area contributed by atoms with Gasteiger partial charge in [0.15, 0.2) is 5.96 Å². The van der Waals surface area contributed by atoms with Crippen molar-refractivity contribution >= 4 is 51.7 Å². The summed E-state index contributed by atoms with van der Waals surface area (Å²) in [6, 6.07) is 0. The summed E-state index contributed by atoms with van der Waals surface area (Å²) in [6.45, 7) is 6.36. The lowest BCUT2D eigenvalue weighted by Gasteiger charge is -2.10. The molecule has 9 heteroatoms. The van der Waals surface area contributed by atoms with E-state index in [2.05, 4.69) is 26.6 Å². The van der Waals surface area contributed by atoms with Crippen LogP contribution >= 0.6 is 35.7 Å². The number of hydrogen-bond acceptors (Lipinski definition) is 4. The maximum Gasteiger partial charge on any atom is 0.211 e. The zero-order valence-electron chi connectivity index (χ0n) is 12.4. The molecule has 122 valence electrons. The molecule has 0 rings (SSSR count). The second kappa shape index (κ2) is 14.2. The standard InChI is InChI=1S/C11H26N4O2S2.HI/c1-4-12-11(14-9-10-18-3)13-7-6-8-15-19(16,17)5-2;/h15H,4-10H2,1-3H3,(H2,12,13,14);1H. The van der Waals surface area contributed by atoms with Crippen molar-refractivity contribution in [2.45, 2.75) is 20.3 Å². The van der Waals surface area contributed by atoms with Gasteiger partial charge in [0.05, 0.1) is 5.75 Å². The van der Waals surface area contributed by atoms with Gasteiger partial charge in [0.25, 0.3) is 0 Å². The fourth-order valence-corrected chi connectivity index (χ4v) is 2.18. The molecular formula is C11H27IN4O2S2. The quantitative estimate of drug-likeness (QED) is 0.204. The van der Waals surface area contributed by atoms with Gasteiger partial charge in [-0.05, 0) is 26.5 Å². The number of aliphatic imine (C=N–C) groups is 1. The lowest BCUT2D eigenvalue weighted by atomic mass is 10.4. The molecule has 0 spiro atoms. The first-order valence-electron chi connectivity index (χ1n) is 6.54. The van der Waals surface area contributed by atoms with Gasteiger partial charge in [0.1, 0.15) is 0 Å². The third-order valence-electron chi connectivity index (χ3n) is 2.25. The van der Waals surface area contributed by atoms with Crippen LogP contribution in [0.25, 0.3) is 0 Å². The Morgan fingerprint density at radius 3 is 2.45 bits per heavy atom. The van der Waals surface area contributed by atoms with Crippen molar-refractivity contribution in [3.8, 4) is 0 Å². The van der Waals surface area contributed by atoms with Gasteiger partial charge in [-0.3, -0.25) is 4.99 Å². The molecule has 6 nitrogen and oxygen atoms in total. The highest BCUT2D eigenvalue weighted by molar-refractivity contribution is 14.0. The molecule has 0 bridgehead atoms. The molecule has 0 amide bonds. The van der Waals surface area contributed by atoms with Crippen LogP contribution in [0.15, 0.2) is 4.99 Å². The Morgan fingerprint density at radius 1 is 1.20 bits per heavy atom. The molecule has 0 fully saturated rings. The van der Waals surface area contributed by atoms with Crippen LogP contribution in [0.5, 0.6) is 0 Å². The van der Waals surface area contributed by atoms with Crippen molar-refractivity contribution in [1.82, 2.24) is 15.4 Å². The third kappa shape index (κ3) is 13.3. The normalized spacial score (nSPS) is 11.8. The van der Waals surface area contributed by atoms with Crippen molar-refractivity contribution in [3.05, 3.63) is 0 Å². The van der Waals surface area contributed by atoms with E-state index in [1.54, 1.807) is 18.7 Å². The van der Waals surface area contributed by atoms with Gasteiger partial charge in [-0.15, -0.1) is 24.0 Å². The molecule has 0 aromatic heterocycles. The Labute approximate surface area is 144 Å². The number of thioether (sulfide) groups is 1. The van der Waals surface area contributed by atoms with E-state index in [0.29, 0.717) is 19.5 Å². The topological polar surface area (TPSA) is 82.6 Å². The Bertz CT molecular complexity index is 350. The summed E-state index contributed by atoms with van der Waals surface area (Å²) < 4.78 is 24.9. The largest absolute Gasteiger partial charge is 0.357 e. The first-order chi connectivity index (χ1) is 9.05. The van der Waals surface area contributed by atoms with Crippen molar-refractivity contribution in [1.29, 1.82) is 0 Å². The monoisotopic (exact) mass is 438 g/mol. The van der Waals surface area contributed by atoms with E-state index in [9.17, 15) is 8.42 Å². The summed E-state index contributed by atoms with van der Waals surface area (Å²) in [5.41, 5.74) is 0. The van der Waals surface area contributed by atoms with E-state index in [1.807, 2.05) is 6.92 Å². The van der Waals surface area contributed by atoms with Crippen LogP contribution in [-0.2, 0) is 10.0 Å². The van der Waals surface area contributed by atoms with Gasteiger partial charge in [-0.2, -0.15) is 11.8 Å². The predicted octanol–water partition coefficient (Wildman–Crippen LogP) is 0.852. The summed E-state index contributed by atoms with van der Waals surface area (Å²) in [7, 11) is -3.08. The second-order valence-electron chi connectivity index (χ2n) is 3.83. The number of hydrogen-bond donors (Lipinski definition) is 3. The number of nitrogens with zero attached hydrogens (tertiary/aromatic N) is 1. The van der Waals surface area contributed by atoms with Crippen LogP contribution < -0.4 is 15.4 Å². The van der Waals surface area contributed by atoms with Gasteiger partial charge in [0, 0.05) is 31.9 Å². The Balaban J connectivity index is 0. The average molecular weight is 438 g/mol. The van der Waals surface area contributed by atoms with Crippen LogP contribution in [0.2, 0.25) is 0 Å². The highest BCUT2D eigenvalue weighted by Gasteiger charge is 2.04. The molecule has 3 N–H and O–H groups in total. The van der Waals surface area contributed by atoms with Crippen LogP contribution in [0.3, 0.4) is 0 Å². The molecule has 0 unspecified atom stereocenters. The molecule has 0 atom stereocenters. The van der Waals surface area contributed by atoms with Gasteiger partial charge < -0.3 is 10.6 Å². The molecule has 0 heterocycles. The Kier molecular flexibility index (Phi) is 16.0. The van der Waals surface area contributed by atoms with E-state index < -0.39 is 10.0 Å². The molecule has 0 saturated carbocycles. The molecular weight excluding hydrogens is 411 g/mol. The zero-order valence-corrected chi connectivity index (χ0v) is 16.4. The van der Waals surface area contributed by atoms with E-state index >= 15 is 0 Å². The summed E-state index contributed by atoms with van der Waals surface area (Å²) in [5, 5.41) is 6.37. The minimum atomic E-state index is -3.08. The molecule has 0 aliphatic heterocycles. The van der Waals surface area contributed by atoms with E-state index in [4.69, 9.17) is 0 Å². The molecule has 0 aromatic rings. The molecule has 20 heavy (non-hydrogen) atoms. The number of rotatable bonds is 10. The first-order valence-corrected chi connectivity index (χ1v) is 9.58. The van der Waals surface area contributed by atoms with Crippen molar-refractivity contribution < 1.29 is 8.42 Å². The van der Waals surface area contributed by atoms with Crippen LogP contribution in [0.1, 0.15) is 20.3 Å². The molecule has 0 aromatic carbocycles. The lowest BCUT2D eigenvalue weighted by Crippen LogP contribution is -2.38. The van der Waals surface area contributed by atoms with E-state index in [0.717, 1.165) is 24.8 Å². The zero-order chi connectivity index (χ0) is 14.6. The molecule has 0 aliphatic carbocycles. The van der Waals surface area contributed by atoms with Gasteiger partial charge >= 0.3 is 0 Å². The highest BCUT2D eigenvalue weighted by Crippen LogP contribution is 1.88. The minimum Gasteiger partial charge on any atom is -0.357 e.